The van der Waals surface area contributed by atoms with Crippen LogP contribution in [-0.2, 0) is 0 Å². The maximum atomic E-state index is 2.46. The lowest BCUT2D eigenvalue weighted by molar-refractivity contribution is 1.54. The van der Waals surface area contributed by atoms with E-state index in [0.29, 0.717) is 5.25 Å². The second-order valence-corrected chi connectivity index (χ2v) is 10.5. The number of aryl methyl sites for hydroxylation is 1. The number of allylic oxidation sites excluding steroid dienone is 2. The molecule has 1 aromatic rings. The van der Waals surface area contributed by atoms with Gasteiger partial charge in [-0.3, -0.25) is 0 Å². The van der Waals surface area contributed by atoms with Crippen LogP contribution in [0, 0.1) is 6.92 Å². The van der Waals surface area contributed by atoms with E-state index in [0.717, 1.165) is 0 Å². The molecule has 16 heavy (non-hydrogen) atoms. The zero-order valence-corrected chi connectivity index (χ0v) is 12.9. The van der Waals surface area contributed by atoms with Crippen LogP contribution in [0.25, 0.3) is 10.8 Å². The van der Waals surface area contributed by atoms with E-state index in [2.05, 4.69) is 50.8 Å². The van der Waals surface area contributed by atoms with Crippen molar-refractivity contribution < 1.29 is 0 Å². The summed E-state index contributed by atoms with van der Waals surface area (Å²) in [4.78, 5) is 2.95. The van der Waals surface area contributed by atoms with Crippen molar-refractivity contribution >= 4 is 42.7 Å². The number of thioether (sulfide) groups is 1. The molecule has 3 rings (SSSR count). The van der Waals surface area contributed by atoms with Crippen LogP contribution >= 0.6 is 23.1 Å². The summed E-state index contributed by atoms with van der Waals surface area (Å²) >= 11 is 4.07. The summed E-state index contributed by atoms with van der Waals surface area (Å²) in [5.41, 5.74) is 1.60. The molecule has 0 nitrogen and oxygen atoms in total. The predicted molar refractivity (Wildman–Crippen MR) is 79.1 cm³/mol. The van der Waals surface area contributed by atoms with Gasteiger partial charge in [0.15, 0.2) is 0 Å². The first-order valence-electron chi connectivity index (χ1n) is 5.77. The van der Waals surface area contributed by atoms with E-state index in [9.17, 15) is 0 Å². The van der Waals surface area contributed by atoms with Crippen LogP contribution in [0.3, 0.4) is 0 Å². The average Bonchev–Trinajstić information content (AvgIpc) is 2.75. The van der Waals surface area contributed by atoms with Gasteiger partial charge >= 0.3 is 0 Å². The first kappa shape index (κ1) is 10.9. The normalized spacial score (nSPS) is 22.8. The molecule has 0 radical (unpaired) electrons. The maximum absolute atomic E-state index is 2.46. The van der Waals surface area contributed by atoms with E-state index in [4.69, 9.17) is 0 Å². The van der Waals surface area contributed by atoms with Gasteiger partial charge in [0.25, 0.3) is 0 Å². The Morgan fingerprint density at radius 3 is 2.69 bits per heavy atom. The average molecular weight is 264 g/mol. The van der Waals surface area contributed by atoms with Gasteiger partial charge in [-0.2, -0.15) is 0 Å². The van der Waals surface area contributed by atoms with E-state index < -0.39 is 8.80 Å². The minimum Gasteiger partial charge on any atom is -0.141 e. The monoisotopic (exact) mass is 264 g/mol. The summed E-state index contributed by atoms with van der Waals surface area (Å²) in [7, 11) is -0.696. The van der Waals surface area contributed by atoms with E-state index in [1.165, 1.54) is 9.78 Å². The summed E-state index contributed by atoms with van der Waals surface area (Å²) in [6.07, 6.45) is 2.41. The Morgan fingerprint density at radius 1 is 1.25 bits per heavy atom. The fourth-order valence-corrected chi connectivity index (χ4v) is 8.25. The highest BCUT2D eigenvalue weighted by Gasteiger charge is 2.32. The first-order valence-corrected chi connectivity index (χ1v) is 10.4. The van der Waals surface area contributed by atoms with E-state index in [1.54, 1.807) is 20.5 Å². The SMILES string of the molecule is CC1=CC2=c3cc(C)sc3=C([SiH](C)C)C2S1. The molecule has 1 aliphatic carbocycles. The minimum atomic E-state index is -0.696. The van der Waals surface area contributed by atoms with Crippen molar-refractivity contribution in [1.29, 1.82) is 0 Å². The lowest BCUT2D eigenvalue weighted by Gasteiger charge is -2.14. The molecule has 0 fully saturated rings. The molecule has 1 atom stereocenters. The second kappa shape index (κ2) is 3.62. The smallest absolute Gasteiger partial charge is 0.0633 e. The van der Waals surface area contributed by atoms with Crippen molar-refractivity contribution in [2.24, 2.45) is 0 Å². The zero-order valence-electron chi connectivity index (χ0n) is 10.1. The van der Waals surface area contributed by atoms with Crippen molar-refractivity contribution in [2.45, 2.75) is 32.2 Å². The molecule has 2 aliphatic rings. The van der Waals surface area contributed by atoms with Crippen LogP contribution in [0.4, 0.5) is 0 Å². The van der Waals surface area contributed by atoms with Gasteiger partial charge < -0.3 is 0 Å². The lowest BCUT2D eigenvalue weighted by atomic mass is 10.2. The second-order valence-electron chi connectivity index (χ2n) is 4.92. The Bertz CT molecular complexity index is 604. The Morgan fingerprint density at radius 2 is 2.00 bits per heavy atom. The number of hydrogen-bond acceptors (Lipinski definition) is 2. The van der Waals surface area contributed by atoms with Crippen LogP contribution in [0.2, 0.25) is 13.1 Å². The predicted octanol–water partition coefficient (Wildman–Crippen LogP) is 2.42. The van der Waals surface area contributed by atoms with Gasteiger partial charge in [0.2, 0.25) is 0 Å². The van der Waals surface area contributed by atoms with Crippen LogP contribution < -0.4 is 9.75 Å². The molecule has 3 heteroatoms. The van der Waals surface area contributed by atoms with Gasteiger partial charge in [0.1, 0.15) is 0 Å². The third-order valence-corrected chi connectivity index (χ3v) is 7.93. The maximum Gasteiger partial charge on any atom is 0.0633 e. The molecule has 0 aromatic carbocycles. The van der Waals surface area contributed by atoms with Gasteiger partial charge in [-0.15, -0.1) is 23.1 Å². The first-order chi connectivity index (χ1) is 7.58. The fourth-order valence-electron chi connectivity index (χ4n) is 2.66. The lowest BCUT2D eigenvalue weighted by Crippen LogP contribution is -2.22. The molecule has 0 saturated carbocycles. The van der Waals surface area contributed by atoms with Crippen LogP contribution in [0.15, 0.2) is 17.0 Å². The highest BCUT2D eigenvalue weighted by atomic mass is 32.2. The molecule has 0 amide bonds. The number of fused-ring (bicyclic) bond motifs is 2. The van der Waals surface area contributed by atoms with E-state index in [1.807, 2.05) is 11.3 Å². The molecule has 0 spiro atoms. The van der Waals surface area contributed by atoms with Crippen molar-refractivity contribution in [2.75, 3.05) is 0 Å². The van der Waals surface area contributed by atoms with Crippen molar-refractivity contribution in [3.05, 3.63) is 31.7 Å². The standard InChI is InChI=1S/C13H16S2Si/c1-7-5-9-10-6-8(2)15-12(10)13(16(3)4)11(9)14-7/h5-6,11,16H,1-4H3. The van der Waals surface area contributed by atoms with Gasteiger partial charge in [0, 0.05) is 9.41 Å². The highest BCUT2D eigenvalue weighted by molar-refractivity contribution is 8.05. The summed E-state index contributed by atoms with van der Waals surface area (Å²) in [5.74, 6) is 0. The third-order valence-electron chi connectivity index (χ3n) is 3.28. The molecule has 0 saturated heterocycles. The third kappa shape index (κ3) is 1.41. The number of thiophene rings is 1. The van der Waals surface area contributed by atoms with Crippen molar-refractivity contribution in [1.82, 2.24) is 0 Å². The van der Waals surface area contributed by atoms with Crippen molar-refractivity contribution in [3.8, 4) is 0 Å². The van der Waals surface area contributed by atoms with Crippen molar-refractivity contribution in [3.63, 3.8) is 0 Å². The molecular formula is C13H16S2Si. The Labute approximate surface area is 106 Å². The fraction of sp³-hybridized carbons (Fsp3) is 0.385. The van der Waals surface area contributed by atoms with Gasteiger partial charge in [-0.05, 0) is 46.9 Å². The highest BCUT2D eigenvalue weighted by Crippen LogP contribution is 2.42. The van der Waals surface area contributed by atoms with Gasteiger partial charge in [0.05, 0.1) is 14.0 Å². The summed E-state index contributed by atoms with van der Waals surface area (Å²) in [6.45, 7) is 9.40. The molecule has 1 aromatic heterocycles. The Hall–Kier alpha value is -0.253. The van der Waals surface area contributed by atoms with Gasteiger partial charge in [-0.1, -0.05) is 13.1 Å². The number of hydrogen-bond donors (Lipinski definition) is 0. The molecule has 84 valence electrons. The summed E-state index contributed by atoms with van der Waals surface area (Å²) in [5, 5.41) is 4.03. The number of rotatable bonds is 1. The molecule has 2 heterocycles. The molecule has 1 unspecified atom stereocenters. The van der Waals surface area contributed by atoms with Gasteiger partial charge in [-0.25, -0.2) is 0 Å². The molecule has 0 bridgehead atoms. The van der Waals surface area contributed by atoms with Crippen LogP contribution in [0.5, 0.6) is 0 Å². The summed E-state index contributed by atoms with van der Waals surface area (Å²) < 4.78 is 1.62. The minimum absolute atomic E-state index is 0.688. The zero-order chi connectivity index (χ0) is 11.4. The van der Waals surface area contributed by atoms with Crippen LogP contribution in [-0.4, -0.2) is 14.0 Å². The quantitative estimate of drug-likeness (QED) is 0.702. The topological polar surface area (TPSA) is 0 Å². The largest absolute Gasteiger partial charge is 0.141 e. The Kier molecular flexibility index (Phi) is 2.46. The summed E-state index contributed by atoms with van der Waals surface area (Å²) in [6, 6.07) is 2.39. The van der Waals surface area contributed by atoms with Crippen LogP contribution in [0.1, 0.15) is 11.8 Å². The van der Waals surface area contributed by atoms with E-state index >= 15 is 0 Å². The molecule has 0 N–H and O–H groups in total. The Balaban J connectivity index is 2.37. The molecular weight excluding hydrogens is 248 g/mol. The van der Waals surface area contributed by atoms with E-state index in [-0.39, 0.29) is 0 Å². The molecule has 1 aliphatic heterocycles.